The van der Waals surface area contributed by atoms with Crippen LogP contribution in [-0.2, 0) is 15.0 Å². The van der Waals surface area contributed by atoms with Crippen molar-refractivity contribution in [2.75, 3.05) is 0 Å². The topological polar surface area (TPSA) is 34.1 Å². The molecule has 86 valence electrons. The molecule has 0 aromatic heterocycles. The molecule has 1 spiro atoms. The minimum atomic E-state index is -0.438. The Morgan fingerprint density at radius 3 is 2.94 bits per heavy atom. The zero-order chi connectivity index (χ0) is 11.9. The Morgan fingerprint density at radius 2 is 2.12 bits per heavy atom. The summed E-state index contributed by atoms with van der Waals surface area (Å²) in [6.07, 6.45) is 5.05. The lowest BCUT2D eigenvalue weighted by Crippen LogP contribution is -2.33. The second-order valence-electron chi connectivity index (χ2n) is 4.58. The first-order valence-electron chi connectivity index (χ1n) is 5.72. The Bertz CT molecular complexity index is 533. The SMILES string of the molecule is O=CC1=CCC[C@]2(C1)C(=O)Sc1ccccc12. The quantitative estimate of drug-likeness (QED) is 0.712. The van der Waals surface area contributed by atoms with Crippen molar-refractivity contribution >= 4 is 23.2 Å². The summed E-state index contributed by atoms with van der Waals surface area (Å²) in [5.41, 5.74) is 1.44. The summed E-state index contributed by atoms with van der Waals surface area (Å²) >= 11 is 1.33. The molecule has 1 aromatic rings. The molecule has 17 heavy (non-hydrogen) atoms. The molecule has 3 rings (SSSR count). The third kappa shape index (κ3) is 1.49. The largest absolute Gasteiger partial charge is 0.298 e. The van der Waals surface area contributed by atoms with Crippen LogP contribution in [0.5, 0.6) is 0 Å². The van der Waals surface area contributed by atoms with E-state index < -0.39 is 5.41 Å². The number of rotatable bonds is 1. The highest BCUT2D eigenvalue weighted by Gasteiger charge is 2.47. The molecule has 1 heterocycles. The summed E-state index contributed by atoms with van der Waals surface area (Å²) in [5, 5.41) is 0.200. The molecular weight excluding hydrogens is 232 g/mol. The highest BCUT2D eigenvalue weighted by atomic mass is 32.2. The summed E-state index contributed by atoms with van der Waals surface area (Å²) < 4.78 is 0. The second-order valence-corrected chi connectivity index (χ2v) is 5.59. The van der Waals surface area contributed by atoms with Crippen molar-refractivity contribution in [3.05, 3.63) is 41.5 Å². The first-order chi connectivity index (χ1) is 8.26. The van der Waals surface area contributed by atoms with Gasteiger partial charge in [-0.05, 0) is 36.5 Å². The van der Waals surface area contributed by atoms with E-state index in [0.717, 1.165) is 35.2 Å². The number of carbonyl (C=O) groups excluding carboxylic acids is 2. The molecule has 0 bridgehead atoms. The van der Waals surface area contributed by atoms with Crippen molar-refractivity contribution in [3.63, 3.8) is 0 Å². The van der Waals surface area contributed by atoms with E-state index >= 15 is 0 Å². The first kappa shape index (κ1) is 10.8. The number of aldehydes is 1. The molecule has 1 atom stereocenters. The van der Waals surface area contributed by atoms with Crippen LogP contribution in [0.3, 0.4) is 0 Å². The van der Waals surface area contributed by atoms with Gasteiger partial charge in [0.25, 0.3) is 0 Å². The summed E-state index contributed by atoms with van der Waals surface area (Å²) in [5.74, 6) is 0. The highest BCUT2D eigenvalue weighted by molar-refractivity contribution is 8.14. The average molecular weight is 244 g/mol. The van der Waals surface area contributed by atoms with E-state index in [-0.39, 0.29) is 5.12 Å². The van der Waals surface area contributed by atoms with E-state index in [1.54, 1.807) is 0 Å². The fraction of sp³-hybridized carbons (Fsp3) is 0.286. The molecule has 1 aliphatic heterocycles. The maximum Gasteiger partial charge on any atom is 0.204 e. The lowest BCUT2D eigenvalue weighted by atomic mass is 9.70. The number of hydrogen-bond acceptors (Lipinski definition) is 3. The number of thioether (sulfide) groups is 1. The average Bonchev–Trinajstić information content (AvgIpc) is 2.63. The molecular formula is C14H12O2S. The summed E-state index contributed by atoms with van der Waals surface area (Å²) in [4.78, 5) is 24.3. The van der Waals surface area contributed by atoms with Gasteiger partial charge in [0.15, 0.2) is 0 Å². The minimum Gasteiger partial charge on any atom is -0.298 e. The Balaban J connectivity index is 2.11. The van der Waals surface area contributed by atoms with Gasteiger partial charge in [-0.15, -0.1) is 0 Å². The maximum atomic E-state index is 12.3. The number of fused-ring (bicyclic) bond motifs is 2. The molecule has 3 heteroatoms. The third-order valence-corrected chi connectivity index (χ3v) is 4.78. The fourth-order valence-electron chi connectivity index (χ4n) is 2.77. The molecule has 2 aliphatic rings. The van der Waals surface area contributed by atoms with Crippen molar-refractivity contribution in [1.29, 1.82) is 0 Å². The van der Waals surface area contributed by atoms with Crippen LogP contribution < -0.4 is 0 Å². The number of hydrogen-bond donors (Lipinski definition) is 0. The van der Waals surface area contributed by atoms with Gasteiger partial charge in [0.05, 0.1) is 5.41 Å². The van der Waals surface area contributed by atoms with Gasteiger partial charge in [-0.3, -0.25) is 9.59 Å². The molecule has 1 aliphatic carbocycles. The van der Waals surface area contributed by atoms with E-state index in [2.05, 4.69) is 0 Å². The van der Waals surface area contributed by atoms with E-state index in [1.165, 1.54) is 11.8 Å². The fourth-order valence-corrected chi connectivity index (χ4v) is 3.96. The number of allylic oxidation sites excluding steroid dienone is 2. The predicted octanol–water partition coefficient (Wildman–Crippen LogP) is 2.87. The number of carbonyl (C=O) groups is 2. The maximum absolute atomic E-state index is 12.3. The van der Waals surface area contributed by atoms with Gasteiger partial charge in [0.1, 0.15) is 6.29 Å². The monoisotopic (exact) mass is 244 g/mol. The van der Waals surface area contributed by atoms with Crippen LogP contribution in [0.15, 0.2) is 40.8 Å². The van der Waals surface area contributed by atoms with Gasteiger partial charge < -0.3 is 0 Å². The smallest absolute Gasteiger partial charge is 0.204 e. The van der Waals surface area contributed by atoms with E-state index in [1.807, 2.05) is 30.3 Å². The van der Waals surface area contributed by atoms with Crippen LogP contribution in [0, 0.1) is 0 Å². The Labute approximate surface area is 104 Å². The molecule has 0 saturated heterocycles. The summed E-state index contributed by atoms with van der Waals surface area (Å²) in [6, 6.07) is 7.95. The van der Waals surface area contributed by atoms with E-state index in [9.17, 15) is 9.59 Å². The van der Waals surface area contributed by atoms with Crippen molar-refractivity contribution in [2.45, 2.75) is 29.6 Å². The van der Waals surface area contributed by atoms with Crippen LogP contribution in [0.25, 0.3) is 0 Å². The standard InChI is InChI=1S/C14H12O2S/c15-9-10-4-3-7-14(8-10)11-5-1-2-6-12(11)17-13(14)16/h1-2,4-6,9H,3,7-8H2/t14-/m1/s1. The Hall–Kier alpha value is -1.35. The molecule has 0 radical (unpaired) electrons. The van der Waals surface area contributed by atoms with Gasteiger partial charge in [-0.1, -0.05) is 36.0 Å². The van der Waals surface area contributed by atoms with Crippen LogP contribution in [-0.4, -0.2) is 11.4 Å². The third-order valence-electron chi connectivity index (χ3n) is 3.63. The van der Waals surface area contributed by atoms with Crippen LogP contribution in [0.1, 0.15) is 24.8 Å². The molecule has 2 nitrogen and oxygen atoms in total. The molecule has 0 saturated carbocycles. The Morgan fingerprint density at radius 1 is 1.29 bits per heavy atom. The van der Waals surface area contributed by atoms with Gasteiger partial charge in [-0.25, -0.2) is 0 Å². The highest BCUT2D eigenvalue weighted by Crippen LogP contribution is 2.52. The van der Waals surface area contributed by atoms with Crippen molar-refractivity contribution in [2.24, 2.45) is 0 Å². The molecule has 0 N–H and O–H groups in total. The first-order valence-corrected chi connectivity index (χ1v) is 6.54. The van der Waals surface area contributed by atoms with E-state index in [0.29, 0.717) is 6.42 Å². The predicted molar refractivity (Wildman–Crippen MR) is 67.0 cm³/mol. The molecule has 0 amide bonds. The molecule has 0 fully saturated rings. The lowest BCUT2D eigenvalue weighted by Gasteiger charge is -2.30. The van der Waals surface area contributed by atoms with Gasteiger partial charge in [-0.2, -0.15) is 0 Å². The van der Waals surface area contributed by atoms with Crippen molar-refractivity contribution in [1.82, 2.24) is 0 Å². The van der Waals surface area contributed by atoms with Gasteiger partial charge >= 0.3 is 0 Å². The summed E-state index contributed by atoms with van der Waals surface area (Å²) in [6.45, 7) is 0. The zero-order valence-corrected chi connectivity index (χ0v) is 10.1. The van der Waals surface area contributed by atoms with Crippen molar-refractivity contribution in [3.8, 4) is 0 Å². The van der Waals surface area contributed by atoms with Crippen LogP contribution >= 0.6 is 11.8 Å². The summed E-state index contributed by atoms with van der Waals surface area (Å²) in [7, 11) is 0. The van der Waals surface area contributed by atoms with Crippen LogP contribution in [0.2, 0.25) is 0 Å². The van der Waals surface area contributed by atoms with Crippen LogP contribution in [0.4, 0.5) is 0 Å². The number of benzene rings is 1. The normalized spacial score (nSPS) is 26.8. The lowest BCUT2D eigenvalue weighted by molar-refractivity contribution is -0.116. The molecule has 1 aromatic carbocycles. The van der Waals surface area contributed by atoms with Gasteiger partial charge in [0.2, 0.25) is 5.12 Å². The molecule has 0 unspecified atom stereocenters. The Kier molecular flexibility index (Phi) is 2.44. The minimum absolute atomic E-state index is 0.200. The second kappa shape index (κ2) is 3.84. The van der Waals surface area contributed by atoms with Gasteiger partial charge in [0, 0.05) is 4.90 Å². The van der Waals surface area contributed by atoms with Crippen molar-refractivity contribution < 1.29 is 9.59 Å². The van der Waals surface area contributed by atoms with E-state index in [4.69, 9.17) is 0 Å². The zero-order valence-electron chi connectivity index (χ0n) is 9.31.